The van der Waals surface area contributed by atoms with Gasteiger partial charge < -0.3 is 20.4 Å². The van der Waals surface area contributed by atoms with Crippen molar-refractivity contribution in [1.82, 2.24) is 9.97 Å². The van der Waals surface area contributed by atoms with Crippen LogP contribution in [-0.2, 0) is 17.2 Å². The van der Waals surface area contributed by atoms with Crippen molar-refractivity contribution in [2.45, 2.75) is 48.5 Å². The van der Waals surface area contributed by atoms with Crippen molar-refractivity contribution in [1.29, 1.82) is 0 Å². The third-order valence-corrected chi connectivity index (χ3v) is 7.79. The van der Waals surface area contributed by atoms with Crippen LogP contribution in [0.15, 0.2) is 29.2 Å². The van der Waals surface area contributed by atoms with E-state index in [1.807, 2.05) is 12.1 Å². The average molecular weight is 415 g/mol. The van der Waals surface area contributed by atoms with E-state index in [2.05, 4.69) is 16.3 Å². The molecule has 2 aliphatic heterocycles. The molecule has 2 aromatic rings. The van der Waals surface area contributed by atoms with E-state index in [1.54, 1.807) is 6.07 Å². The number of aryl methyl sites for hydroxylation is 1. The quantitative estimate of drug-likeness (QED) is 0.690. The van der Waals surface area contributed by atoms with Gasteiger partial charge in [-0.15, -0.1) is 0 Å². The smallest absolute Gasteiger partial charge is 0.227 e. The molecule has 1 unspecified atom stereocenters. The number of aliphatic hydroxyl groups is 1. The second-order valence-electron chi connectivity index (χ2n) is 8.37. The molecule has 0 amide bonds. The van der Waals surface area contributed by atoms with E-state index in [0.717, 1.165) is 49.4 Å². The summed E-state index contributed by atoms with van der Waals surface area (Å²) in [5, 5.41) is 22.8. The normalized spacial score (nSPS) is 23.1. The molecule has 1 aromatic carbocycles. The maximum absolute atomic E-state index is 12.5. The fourth-order valence-electron chi connectivity index (χ4n) is 4.33. The van der Waals surface area contributed by atoms with Crippen LogP contribution >= 0.6 is 0 Å². The highest BCUT2D eigenvalue weighted by Crippen LogP contribution is 2.41. The zero-order valence-corrected chi connectivity index (χ0v) is 17.1. The van der Waals surface area contributed by atoms with Gasteiger partial charge >= 0.3 is 0 Å². The summed E-state index contributed by atoms with van der Waals surface area (Å²) in [6, 6.07) is 7.53. The Balaban J connectivity index is 1.37. The van der Waals surface area contributed by atoms with Gasteiger partial charge in [0.1, 0.15) is 16.5 Å². The van der Waals surface area contributed by atoms with E-state index in [1.165, 1.54) is 5.56 Å². The van der Waals surface area contributed by atoms with Crippen molar-refractivity contribution in [3.05, 3.63) is 35.5 Å². The molecule has 0 bridgehead atoms. The van der Waals surface area contributed by atoms with E-state index >= 15 is 0 Å². The van der Waals surface area contributed by atoms with Crippen LogP contribution in [0.25, 0.3) is 0 Å². The second-order valence-corrected chi connectivity index (χ2v) is 9.87. The molecule has 3 N–H and O–H groups in total. The number of hydrogen-bond acceptors (Lipinski definition) is 7. The molecule has 154 valence electrons. The van der Waals surface area contributed by atoms with E-state index in [4.69, 9.17) is 9.97 Å². The third kappa shape index (κ3) is 3.59. The summed E-state index contributed by atoms with van der Waals surface area (Å²) in [6.45, 7) is 1.74. The van der Waals surface area contributed by atoms with Crippen LogP contribution in [-0.4, -0.2) is 55.4 Å². The van der Waals surface area contributed by atoms with Crippen LogP contribution in [0.1, 0.15) is 42.9 Å². The number of nitrogens with zero attached hydrogens (tertiary/aromatic N) is 3. The largest absolute Gasteiger partial charge is 0.508 e. The number of phenols is 1. The van der Waals surface area contributed by atoms with Gasteiger partial charge in [0.15, 0.2) is 0 Å². The Kier molecular flexibility index (Phi) is 4.70. The van der Waals surface area contributed by atoms with Gasteiger partial charge in [-0.3, -0.25) is 4.21 Å². The van der Waals surface area contributed by atoms with Gasteiger partial charge in [0.25, 0.3) is 0 Å². The first-order chi connectivity index (χ1) is 14.1. The van der Waals surface area contributed by atoms with Gasteiger partial charge in [0.05, 0.1) is 28.6 Å². The topological polar surface area (TPSA) is 98.6 Å². The molecule has 1 saturated heterocycles. The lowest BCUT2D eigenvalue weighted by atomic mass is 9.89. The van der Waals surface area contributed by atoms with Gasteiger partial charge in [-0.25, -0.2) is 4.98 Å². The highest BCUT2D eigenvalue weighted by atomic mass is 32.2. The van der Waals surface area contributed by atoms with E-state index in [9.17, 15) is 14.4 Å². The molecule has 1 aliphatic carbocycles. The Morgan fingerprint density at radius 1 is 1.24 bits per heavy atom. The molecule has 3 heterocycles. The van der Waals surface area contributed by atoms with Crippen LogP contribution in [0.5, 0.6) is 5.75 Å². The lowest BCUT2D eigenvalue weighted by Gasteiger charge is -2.33. The summed E-state index contributed by atoms with van der Waals surface area (Å²) >= 11 is 0. The average Bonchev–Trinajstić information content (AvgIpc) is 3.42. The van der Waals surface area contributed by atoms with Crippen molar-refractivity contribution in [3.8, 4) is 5.75 Å². The molecule has 29 heavy (non-hydrogen) atoms. The molecule has 8 heteroatoms. The predicted octanol–water partition coefficient (Wildman–Crippen LogP) is 2.17. The highest BCUT2D eigenvalue weighted by Gasteiger charge is 2.44. The number of aromatic nitrogens is 2. The maximum Gasteiger partial charge on any atom is 0.227 e. The first-order valence-electron chi connectivity index (χ1n) is 10.3. The highest BCUT2D eigenvalue weighted by molar-refractivity contribution is 7.85. The van der Waals surface area contributed by atoms with Crippen LogP contribution in [0.4, 0.5) is 11.8 Å². The van der Waals surface area contributed by atoms with Crippen LogP contribution in [0.2, 0.25) is 0 Å². The van der Waals surface area contributed by atoms with Crippen molar-refractivity contribution in [3.63, 3.8) is 0 Å². The molecular formula is C21H26N4O3S. The van der Waals surface area contributed by atoms with Gasteiger partial charge in [-0.2, -0.15) is 4.98 Å². The number of benzene rings is 1. The molecule has 1 saturated carbocycles. The van der Waals surface area contributed by atoms with Gasteiger partial charge in [-0.1, -0.05) is 12.1 Å². The number of hydrogen-bond donors (Lipinski definition) is 3. The number of rotatable bonds is 5. The molecule has 7 nitrogen and oxygen atoms in total. The van der Waals surface area contributed by atoms with Crippen LogP contribution in [0.3, 0.4) is 0 Å². The monoisotopic (exact) mass is 414 g/mol. The number of phenolic OH excluding ortho intramolecular Hbond substituents is 1. The van der Waals surface area contributed by atoms with Gasteiger partial charge in [0.2, 0.25) is 5.95 Å². The van der Waals surface area contributed by atoms with Crippen molar-refractivity contribution in [2.24, 2.45) is 0 Å². The third-order valence-electron chi connectivity index (χ3n) is 6.34. The van der Waals surface area contributed by atoms with Crippen LogP contribution < -0.4 is 10.2 Å². The molecule has 0 radical (unpaired) electrons. The Bertz CT molecular complexity index is 955. The molecule has 3 aliphatic rings. The summed E-state index contributed by atoms with van der Waals surface area (Å²) < 4.78 is 12.5. The summed E-state index contributed by atoms with van der Waals surface area (Å²) in [5.41, 5.74) is 1.74. The Morgan fingerprint density at radius 2 is 2.03 bits per heavy atom. The molecule has 0 spiro atoms. The first kappa shape index (κ1) is 18.8. The molecular weight excluding hydrogens is 388 g/mol. The predicted molar refractivity (Wildman–Crippen MR) is 112 cm³/mol. The van der Waals surface area contributed by atoms with Crippen molar-refractivity contribution < 1.29 is 14.4 Å². The maximum atomic E-state index is 12.5. The Hall–Kier alpha value is -2.19. The van der Waals surface area contributed by atoms with Crippen LogP contribution in [0, 0.1) is 0 Å². The Morgan fingerprint density at radius 3 is 2.72 bits per heavy atom. The SMILES string of the molecule is O=S1CCc2nc(N3CCC(c4cccc(O)c4)CC3)nc(NC3(CO)CC3)c21. The van der Waals surface area contributed by atoms with E-state index in [-0.39, 0.29) is 12.1 Å². The molecule has 1 aromatic heterocycles. The first-order valence-corrected chi connectivity index (χ1v) is 11.6. The van der Waals surface area contributed by atoms with Crippen molar-refractivity contribution in [2.75, 3.05) is 35.7 Å². The molecule has 2 fully saturated rings. The fourth-order valence-corrected chi connectivity index (χ4v) is 5.63. The summed E-state index contributed by atoms with van der Waals surface area (Å²) in [7, 11) is -1.08. The summed E-state index contributed by atoms with van der Waals surface area (Å²) in [4.78, 5) is 12.4. The lowest BCUT2D eigenvalue weighted by Crippen LogP contribution is -2.35. The number of aromatic hydroxyl groups is 1. The molecule has 5 rings (SSSR count). The van der Waals surface area contributed by atoms with E-state index < -0.39 is 10.8 Å². The summed E-state index contributed by atoms with van der Waals surface area (Å²) in [5.74, 6) is 2.65. The zero-order valence-electron chi connectivity index (χ0n) is 16.3. The number of aliphatic hydroxyl groups excluding tert-OH is 1. The summed E-state index contributed by atoms with van der Waals surface area (Å²) in [6.07, 6.45) is 4.45. The standard InChI is InChI=1S/C21H26N4O3S/c26-13-21(7-8-21)24-19-18-17(6-11-29(18)28)22-20(23-19)25-9-4-14(5-10-25)15-2-1-3-16(27)12-15/h1-3,12,14,26-27H,4-11,13H2,(H,22,23,24). The fraction of sp³-hybridized carbons (Fsp3) is 0.524. The van der Waals surface area contributed by atoms with Gasteiger partial charge in [-0.05, 0) is 49.3 Å². The zero-order chi connectivity index (χ0) is 20.0. The minimum absolute atomic E-state index is 0.0586. The Labute approximate surface area is 172 Å². The number of fused-ring (bicyclic) bond motifs is 1. The lowest BCUT2D eigenvalue weighted by molar-refractivity contribution is 0.265. The number of anilines is 2. The van der Waals surface area contributed by atoms with Gasteiger partial charge in [0, 0.05) is 25.3 Å². The van der Waals surface area contributed by atoms with E-state index in [0.29, 0.717) is 35.6 Å². The molecule has 1 atom stereocenters. The van der Waals surface area contributed by atoms with Crippen molar-refractivity contribution >= 4 is 22.6 Å². The number of piperidine rings is 1. The second kappa shape index (κ2) is 7.25. The minimum Gasteiger partial charge on any atom is -0.508 e. The minimum atomic E-state index is -1.08. The number of nitrogens with one attached hydrogen (secondary N) is 1.